The summed E-state index contributed by atoms with van der Waals surface area (Å²) in [6.07, 6.45) is 4.67. The van der Waals surface area contributed by atoms with E-state index in [4.69, 9.17) is 23.2 Å². The minimum absolute atomic E-state index is 0.0126. The van der Waals surface area contributed by atoms with E-state index in [1.54, 1.807) is 0 Å². The van der Waals surface area contributed by atoms with Crippen molar-refractivity contribution in [3.63, 3.8) is 0 Å². The maximum atomic E-state index is 12.9. The van der Waals surface area contributed by atoms with E-state index < -0.39 is 10.0 Å². The molecule has 0 unspecified atom stereocenters. The molecule has 5 nitrogen and oxygen atoms in total. The van der Waals surface area contributed by atoms with Crippen molar-refractivity contribution in [1.29, 1.82) is 0 Å². The minimum Gasteiger partial charge on any atom is -0.211 e. The van der Waals surface area contributed by atoms with Crippen LogP contribution in [0.1, 0.15) is 39.5 Å². The van der Waals surface area contributed by atoms with E-state index in [1.165, 1.54) is 22.5 Å². The summed E-state index contributed by atoms with van der Waals surface area (Å²) in [6, 6.07) is 2.50. The number of halogens is 2. The van der Waals surface area contributed by atoms with Crippen LogP contribution >= 0.6 is 23.2 Å². The molecule has 0 aromatic heterocycles. The molecule has 0 bridgehead atoms. The van der Waals surface area contributed by atoms with Crippen LogP contribution in [0.3, 0.4) is 0 Å². The van der Waals surface area contributed by atoms with Crippen molar-refractivity contribution in [2.45, 2.75) is 44.4 Å². The normalized spacial score (nSPS) is 11.5. The number of sulfonamides is 1. The van der Waals surface area contributed by atoms with Crippen molar-refractivity contribution in [2.75, 3.05) is 13.1 Å². The van der Waals surface area contributed by atoms with Gasteiger partial charge >= 0.3 is 0 Å². The number of carbonyl (C=O) groups excluding carboxylic acids is 1. The van der Waals surface area contributed by atoms with Gasteiger partial charge in [-0.05, 0) is 25.0 Å². The molecule has 23 heavy (non-hydrogen) atoms. The molecule has 0 atom stereocenters. The van der Waals surface area contributed by atoms with Crippen molar-refractivity contribution in [2.24, 2.45) is 4.99 Å². The molecular weight excluding hydrogens is 359 g/mol. The standard InChI is InChI=1S/C15H20Cl2N2O3S/c1-3-5-7-19(8-6-4-2)23(21,22)15-10-12(16)14(18-11-20)9-13(15)17/h9-10H,3-8H2,1-2H3. The zero-order valence-corrected chi connectivity index (χ0v) is 15.5. The second-order valence-electron chi connectivity index (χ2n) is 5.05. The molecule has 1 aromatic rings. The lowest BCUT2D eigenvalue weighted by atomic mass is 10.3. The fourth-order valence-electron chi connectivity index (χ4n) is 2.01. The molecule has 0 spiro atoms. The predicted octanol–water partition coefficient (Wildman–Crippen LogP) is 4.55. The van der Waals surface area contributed by atoms with Gasteiger partial charge in [-0.15, -0.1) is 0 Å². The molecule has 0 aliphatic carbocycles. The van der Waals surface area contributed by atoms with Gasteiger partial charge in [0.2, 0.25) is 16.1 Å². The molecule has 0 radical (unpaired) electrons. The number of unbranched alkanes of at least 4 members (excludes halogenated alkanes) is 2. The van der Waals surface area contributed by atoms with Gasteiger partial charge in [0.1, 0.15) is 4.90 Å². The van der Waals surface area contributed by atoms with Crippen LogP contribution in [0.5, 0.6) is 0 Å². The van der Waals surface area contributed by atoms with Crippen molar-refractivity contribution in [3.05, 3.63) is 22.2 Å². The first-order valence-corrected chi connectivity index (χ1v) is 9.65. The number of nitrogens with zero attached hydrogens (tertiary/aromatic N) is 2. The van der Waals surface area contributed by atoms with Gasteiger partial charge in [0, 0.05) is 13.1 Å². The lowest BCUT2D eigenvalue weighted by Crippen LogP contribution is -2.33. The summed E-state index contributed by atoms with van der Waals surface area (Å²) in [5.74, 6) is 0. The smallest absolute Gasteiger partial charge is 0.211 e. The lowest BCUT2D eigenvalue weighted by Gasteiger charge is -2.22. The average molecular weight is 379 g/mol. The molecule has 0 amide bonds. The second-order valence-corrected chi connectivity index (χ2v) is 7.77. The first kappa shape index (κ1) is 20.1. The van der Waals surface area contributed by atoms with Gasteiger partial charge in [0.05, 0.1) is 15.7 Å². The van der Waals surface area contributed by atoms with Gasteiger partial charge in [-0.3, -0.25) is 0 Å². The number of hydrogen-bond donors (Lipinski definition) is 0. The van der Waals surface area contributed by atoms with E-state index in [0.717, 1.165) is 25.7 Å². The van der Waals surface area contributed by atoms with Crippen LogP contribution in [0.15, 0.2) is 22.0 Å². The van der Waals surface area contributed by atoms with Crippen molar-refractivity contribution < 1.29 is 13.2 Å². The van der Waals surface area contributed by atoms with Crippen LogP contribution in [-0.4, -0.2) is 31.9 Å². The zero-order chi connectivity index (χ0) is 17.5. The highest BCUT2D eigenvalue weighted by atomic mass is 35.5. The Morgan fingerprint density at radius 3 is 2.13 bits per heavy atom. The predicted molar refractivity (Wildman–Crippen MR) is 92.8 cm³/mol. The quantitative estimate of drug-likeness (QED) is 0.467. The van der Waals surface area contributed by atoms with Crippen LogP contribution in [0.4, 0.5) is 5.69 Å². The summed E-state index contributed by atoms with van der Waals surface area (Å²) in [5, 5.41) is 0.0312. The Hall–Kier alpha value is -0.910. The third kappa shape index (κ3) is 5.30. The van der Waals surface area contributed by atoms with E-state index in [1.807, 2.05) is 13.8 Å². The summed E-state index contributed by atoms with van der Waals surface area (Å²) in [5.41, 5.74) is 0.0966. The van der Waals surface area contributed by atoms with Gasteiger partial charge < -0.3 is 0 Å². The molecule has 0 fully saturated rings. The Morgan fingerprint density at radius 2 is 1.65 bits per heavy atom. The first-order valence-electron chi connectivity index (χ1n) is 7.45. The largest absolute Gasteiger partial charge is 0.244 e. The summed E-state index contributed by atoms with van der Waals surface area (Å²) >= 11 is 12.1. The second kappa shape index (κ2) is 9.40. The summed E-state index contributed by atoms with van der Waals surface area (Å²) < 4.78 is 27.2. The highest BCUT2D eigenvalue weighted by Gasteiger charge is 2.27. The van der Waals surface area contributed by atoms with Crippen molar-refractivity contribution in [1.82, 2.24) is 4.31 Å². The van der Waals surface area contributed by atoms with E-state index in [9.17, 15) is 13.2 Å². The molecule has 0 saturated carbocycles. The van der Waals surface area contributed by atoms with Crippen LogP contribution in [0.2, 0.25) is 10.0 Å². The van der Waals surface area contributed by atoms with Gasteiger partial charge in [-0.1, -0.05) is 49.9 Å². The Morgan fingerprint density at radius 1 is 1.09 bits per heavy atom. The topological polar surface area (TPSA) is 66.8 Å². The van der Waals surface area contributed by atoms with Crippen LogP contribution in [0.25, 0.3) is 0 Å². The third-order valence-corrected chi connectivity index (χ3v) is 5.97. The molecule has 1 aromatic carbocycles. The zero-order valence-electron chi connectivity index (χ0n) is 13.2. The van der Waals surface area contributed by atoms with Crippen LogP contribution in [0, 0.1) is 0 Å². The van der Waals surface area contributed by atoms with Crippen LogP contribution in [-0.2, 0) is 14.8 Å². The summed E-state index contributed by atoms with van der Waals surface area (Å²) in [7, 11) is -3.75. The van der Waals surface area contributed by atoms with E-state index >= 15 is 0 Å². The first-order chi connectivity index (χ1) is 10.9. The number of rotatable bonds is 9. The fourth-order valence-corrected chi connectivity index (χ4v) is 4.32. The van der Waals surface area contributed by atoms with Gasteiger partial charge in [0.25, 0.3) is 0 Å². The Balaban J connectivity index is 3.27. The average Bonchev–Trinajstić information content (AvgIpc) is 2.50. The summed E-state index contributed by atoms with van der Waals surface area (Å²) in [6.45, 7) is 4.86. The molecule has 0 aliphatic heterocycles. The maximum absolute atomic E-state index is 12.9. The molecule has 1 rings (SSSR count). The number of isocyanates is 1. The molecule has 0 N–H and O–H groups in total. The Labute approximate surface area is 147 Å². The fraction of sp³-hybridized carbons (Fsp3) is 0.533. The molecule has 0 aliphatic rings. The number of hydrogen-bond acceptors (Lipinski definition) is 4. The van der Waals surface area contributed by atoms with E-state index in [2.05, 4.69) is 4.99 Å². The molecule has 8 heteroatoms. The highest BCUT2D eigenvalue weighted by Crippen LogP contribution is 2.35. The lowest BCUT2D eigenvalue weighted by molar-refractivity contribution is 0.395. The van der Waals surface area contributed by atoms with Crippen molar-refractivity contribution >= 4 is 45.0 Å². The van der Waals surface area contributed by atoms with Gasteiger partial charge in [0.15, 0.2) is 0 Å². The molecular formula is C15H20Cl2N2O3S. The molecule has 0 heterocycles. The van der Waals surface area contributed by atoms with E-state index in [-0.39, 0.29) is 20.6 Å². The van der Waals surface area contributed by atoms with Crippen molar-refractivity contribution in [3.8, 4) is 0 Å². The minimum atomic E-state index is -3.75. The monoisotopic (exact) mass is 378 g/mol. The van der Waals surface area contributed by atoms with E-state index in [0.29, 0.717) is 13.1 Å². The highest BCUT2D eigenvalue weighted by molar-refractivity contribution is 7.89. The molecule has 128 valence electrons. The maximum Gasteiger partial charge on any atom is 0.244 e. The third-order valence-electron chi connectivity index (χ3n) is 3.31. The Bertz CT molecular complexity index is 678. The van der Waals surface area contributed by atoms with Gasteiger partial charge in [-0.25, -0.2) is 13.2 Å². The number of benzene rings is 1. The van der Waals surface area contributed by atoms with Gasteiger partial charge in [-0.2, -0.15) is 9.30 Å². The SMILES string of the molecule is CCCCN(CCCC)S(=O)(=O)c1cc(Cl)c(N=C=O)cc1Cl. The number of aliphatic imine (C=N–C) groups is 1. The molecule has 0 saturated heterocycles. The Kier molecular flexibility index (Phi) is 8.23. The summed E-state index contributed by atoms with van der Waals surface area (Å²) in [4.78, 5) is 13.7. The van der Waals surface area contributed by atoms with Crippen LogP contribution < -0.4 is 0 Å².